The first-order valence-corrected chi connectivity index (χ1v) is 7.60. The Kier molecular flexibility index (Phi) is 5.09. The van der Waals surface area contributed by atoms with Crippen molar-refractivity contribution in [2.24, 2.45) is 11.7 Å². The van der Waals surface area contributed by atoms with Crippen molar-refractivity contribution < 1.29 is 9.47 Å². The largest absolute Gasteiger partial charge is 0.497 e. The summed E-state index contributed by atoms with van der Waals surface area (Å²) in [4.78, 5) is 0. The lowest BCUT2D eigenvalue weighted by molar-refractivity contribution is 0.337. The van der Waals surface area contributed by atoms with E-state index in [1.807, 2.05) is 36.4 Å². The van der Waals surface area contributed by atoms with Crippen molar-refractivity contribution in [1.82, 2.24) is 0 Å². The van der Waals surface area contributed by atoms with Crippen LogP contribution in [0.2, 0.25) is 0 Å². The number of nitrogens with two attached hydrogens (primary N) is 1. The van der Waals surface area contributed by atoms with Gasteiger partial charge in [0.1, 0.15) is 17.2 Å². The highest BCUT2D eigenvalue weighted by atomic mass is 16.5. The van der Waals surface area contributed by atoms with Gasteiger partial charge in [0.05, 0.1) is 7.11 Å². The van der Waals surface area contributed by atoms with Crippen LogP contribution in [0.3, 0.4) is 0 Å². The molecule has 1 unspecified atom stereocenters. The molecular formula is C19H25NO2. The topological polar surface area (TPSA) is 44.5 Å². The summed E-state index contributed by atoms with van der Waals surface area (Å²) >= 11 is 0. The molecule has 0 aliphatic rings. The Morgan fingerprint density at radius 3 is 2.23 bits per heavy atom. The van der Waals surface area contributed by atoms with Gasteiger partial charge in [-0.3, -0.25) is 0 Å². The molecule has 2 aromatic rings. The van der Waals surface area contributed by atoms with Gasteiger partial charge in [-0.1, -0.05) is 26.0 Å². The summed E-state index contributed by atoms with van der Waals surface area (Å²) in [5, 5.41) is 0. The SMILES string of the molecule is COc1ccc(Oc2cccc(CC(C)(N)C(C)C)c2)cc1. The maximum Gasteiger partial charge on any atom is 0.127 e. The third-order valence-electron chi connectivity index (χ3n) is 4.10. The molecule has 0 aliphatic carbocycles. The summed E-state index contributed by atoms with van der Waals surface area (Å²) in [7, 11) is 1.65. The van der Waals surface area contributed by atoms with Crippen LogP contribution in [0, 0.1) is 5.92 Å². The Morgan fingerprint density at radius 2 is 1.64 bits per heavy atom. The number of benzene rings is 2. The van der Waals surface area contributed by atoms with E-state index in [2.05, 4.69) is 32.9 Å². The van der Waals surface area contributed by atoms with Crippen molar-refractivity contribution in [1.29, 1.82) is 0 Å². The van der Waals surface area contributed by atoms with Crippen LogP contribution in [0.25, 0.3) is 0 Å². The monoisotopic (exact) mass is 299 g/mol. The molecule has 22 heavy (non-hydrogen) atoms. The van der Waals surface area contributed by atoms with E-state index in [1.54, 1.807) is 7.11 Å². The summed E-state index contributed by atoms with van der Waals surface area (Å²) in [5.74, 6) is 2.84. The number of hydrogen-bond acceptors (Lipinski definition) is 3. The number of rotatable bonds is 6. The highest BCUT2D eigenvalue weighted by Gasteiger charge is 2.23. The second-order valence-electron chi connectivity index (χ2n) is 6.26. The molecule has 0 aromatic heterocycles. The fourth-order valence-electron chi connectivity index (χ4n) is 2.14. The molecule has 2 aromatic carbocycles. The molecule has 0 fully saturated rings. The highest BCUT2D eigenvalue weighted by Crippen LogP contribution is 2.26. The maximum atomic E-state index is 6.37. The zero-order valence-corrected chi connectivity index (χ0v) is 13.8. The third-order valence-corrected chi connectivity index (χ3v) is 4.10. The van der Waals surface area contributed by atoms with Crippen LogP contribution in [-0.2, 0) is 6.42 Å². The molecule has 0 saturated heterocycles. The molecule has 2 N–H and O–H groups in total. The second kappa shape index (κ2) is 6.84. The third kappa shape index (κ3) is 4.25. The van der Waals surface area contributed by atoms with Crippen LogP contribution in [0.15, 0.2) is 48.5 Å². The minimum atomic E-state index is -0.223. The Bertz CT molecular complexity index is 603. The molecule has 118 valence electrons. The molecule has 1 atom stereocenters. The standard InChI is InChI=1S/C19H25NO2/c1-14(2)19(3,20)13-15-6-5-7-18(12-15)22-17-10-8-16(21-4)9-11-17/h5-12,14H,13,20H2,1-4H3. The van der Waals surface area contributed by atoms with Crippen LogP contribution in [0.4, 0.5) is 0 Å². The van der Waals surface area contributed by atoms with E-state index in [1.165, 1.54) is 5.56 Å². The van der Waals surface area contributed by atoms with Crippen LogP contribution < -0.4 is 15.2 Å². The van der Waals surface area contributed by atoms with E-state index in [9.17, 15) is 0 Å². The van der Waals surface area contributed by atoms with Crippen LogP contribution in [0.5, 0.6) is 17.2 Å². The average Bonchev–Trinajstić information content (AvgIpc) is 2.48. The predicted octanol–water partition coefficient (Wildman–Crippen LogP) is 4.40. The predicted molar refractivity (Wildman–Crippen MR) is 90.6 cm³/mol. The number of ether oxygens (including phenoxy) is 2. The molecular weight excluding hydrogens is 274 g/mol. The van der Waals surface area contributed by atoms with Crippen LogP contribution in [-0.4, -0.2) is 12.6 Å². The first-order valence-electron chi connectivity index (χ1n) is 7.60. The van der Waals surface area contributed by atoms with E-state index >= 15 is 0 Å². The zero-order chi connectivity index (χ0) is 16.2. The first-order chi connectivity index (χ1) is 10.4. The van der Waals surface area contributed by atoms with E-state index in [0.29, 0.717) is 5.92 Å². The molecule has 0 heterocycles. The van der Waals surface area contributed by atoms with Gasteiger partial charge in [-0.25, -0.2) is 0 Å². The second-order valence-corrected chi connectivity index (χ2v) is 6.26. The van der Waals surface area contributed by atoms with Gasteiger partial charge in [-0.2, -0.15) is 0 Å². The van der Waals surface area contributed by atoms with Gasteiger partial charge in [0.15, 0.2) is 0 Å². The van der Waals surface area contributed by atoms with Crippen molar-refractivity contribution in [3.63, 3.8) is 0 Å². The molecule has 0 amide bonds. The first kappa shape index (κ1) is 16.4. The Balaban J connectivity index is 2.11. The van der Waals surface area contributed by atoms with Gasteiger partial charge in [0.2, 0.25) is 0 Å². The molecule has 0 radical (unpaired) electrons. The Labute approximate surface area is 133 Å². The molecule has 0 aliphatic heterocycles. The van der Waals surface area contributed by atoms with Gasteiger partial charge >= 0.3 is 0 Å². The molecule has 3 nitrogen and oxygen atoms in total. The quantitative estimate of drug-likeness (QED) is 0.859. The smallest absolute Gasteiger partial charge is 0.127 e. The van der Waals surface area contributed by atoms with Crippen LogP contribution >= 0.6 is 0 Å². The van der Waals surface area contributed by atoms with Crippen molar-refractivity contribution in [2.45, 2.75) is 32.7 Å². The molecule has 0 spiro atoms. The van der Waals surface area contributed by atoms with E-state index in [-0.39, 0.29) is 5.54 Å². The minimum Gasteiger partial charge on any atom is -0.497 e. The van der Waals surface area contributed by atoms with Crippen LogP contribution in [0.1, 0.15) is 26.3 Å². The van der Waals surface area contributed by atoms with E-state index < -0.39 is 0 Å². The minimum absolute atomic E-state index is 0.223. The zero-order valence-electron chi connectivity index (χ0n) is 13.8. The summed E-state index contributed by atoms with van der Waals surface area (Å²) in [6, 6.07) is 15.7. The van der Waals surface area contributed by atoms with Crippen molar-refractivity contribution in [2.75, 3.05) is 7.11 Å². The van der Waals surface area contributed by atoms with Crippen molar-refractivity contribution in [3.05, 3.63) is 54.1 Å². The van der Waals surface area contributed by atoms with Gasteiger partial charge in [-0.15, -0.1) is 0 Å². The molecule has 0 bridgehead atoms. The molecule has 2 rings (SSSR count). The average molecular weight is 299 g/mol. The van der Waals surface area contributed by atoms with E-state index in [4.69, 9.17) is 15.2 Å². The maximum absolute atomic E-state index is 6.37. The van der Waals surface area contributed by atoms with Gasteiger partial charge in [-0.05, 0) is 61.2 Å². The summed E-state index contributed by atoms with van der Waals surface area (Å²) in [6.45, 7) is 6.39. The fourth-order valence-corrected chi connectivity index (χ4v) is 2.14. The van der Waals surface area contributed by atoms with E-state index in [0.717, 1.165) is 23.7 Å². The van der Waals surface area contributed by atoms with Gasteiger partial charge in [0.25, 0.3) is 0 Å². The molecule has 0 saturated carbocycles. The van der Waals surface area contributed by atoms with Gasteiger partial charge < -0.3 is 15.2 Å². The normalized spacial score (nSPS) is 13.7. The summed E-state index contributed by atoms with van der Waals surface area (Å²) < 4.78 is 11.0. The lowest BCUT2D eigenvalue weighted by Crippen LogP contribution is -2.43. The van der Waals surface area contributed by atoms with Crippen molar-refractivity contribution >= 4 is 0 Å². The Hall–Kier alpha value is -2.00. The van der Waals surface area contributed by atoms with Gasteiger partial charge in [0, 0.05) is 5.54 Å². The fraction of sp³-hybridized carbons (Fsp3) is 0.368. The Morgan fingerprint density at radius 1 is 1.00 bits per heavy atom. The lowest BCUT2D eigenvalue weighted by Gasteiger charge is -2.29. The highest BCUT2D eigenvalue weighted by molar-refractivity contribution is 5.37. The summed E-state index contributed by atoms with van der Waals surface area (Å²) in [6.07, 6.45) is 0.824. The number of hydrogen-bond donors (Lipinski definition) is 1. The number of methoxy groups -OCH3 is 1. The van der Waals surface area contributed by atoms with Crippen molar-refractivity contribution in [3.8, 4) is 17.2 Å². The molecule has 3 heteroatoms. The summed E-state index contributed by atoms with van der Waals surface area (Å²) in [5.41, 5.74) is 7.33. The lowest BCUT2D eigenvalue weighted by atomic mass is 9.84.